The number of thiocarbonyl (C=S) groups is 1. The average Bonchev–Trinajstić information content (AvgIpc) is 2.60. The highest BCUT2D eigenvalue weighted by Crippen LogP contribution is 2.13. The third-order valence-electron chi connectivity index (χ3n) is 3.62. The molecule has 0 unspecified atom stereocenters. The number of morpholine rings is 1. The number of non-ortho nitro benzene ring substituents is 1. The van der Waals surface area contributed by atoms with E-state index in [2.05, 4.69) is 20.7 Å². The van der Waals surface area contributed by atoms with Crippen LogP contribution in [0.5, 0.6) is 0 Å². The van der Waals surface area contributed by atoms with Crippen molar-refractivity contribution in [3.63, 3.8) is 0 Å². The van der Waals surface area contributed by atoms with Crippen molar-refractivity contribution >= 4 is 28.7 Å². The van der Waals surface area contributed by atoms with E-state index in [-0.39, 0.29) is 5.69 Å². The summed E-state index contributed by atoms with van der Waals surface area (Å²) in [6.45, 7) is 6.79. The molecule has 0 aliphatic carbocycles. The van der Waals surface area contributed by atoms with Crippen LogP contribution >= 0.6 is 12.2 Å². The lowest BCUT2D eigenvalue weighted by Gasteiger charge is -2.26. The number of nitrogens with zero attached hydrogens (tertiary/aromatic N) is 3. The van der Waals surface area contributed by atoms with Crippen LogP contribution in [0.3, 0.4) is 0 Å². The molecule has 1 fully saturated rings. The van der Waals surface area contributed by atoms with E-state index < -0.39 is 4.92 Å². The van der Waals surface area contributed by atoms with E-state index in [1.807, 2.05) is 0 Å². The first-order chi connectivity index (χ1) is 11.6. The number of nitro benzene ring substituents is 1. The molecule has 0 amide bonds. The number of hydrazone groups is 1. The summed E-state index contributed by atoms with van der Waals surface area (Å²) in [6.07, 6.45) is 0. The highest BCUT2D eigenvalue weighted by atomic mass is 32.1. The van der Waals surface area contributed by atoms with Crippen molar-refractivity contribution < 1.29 is 9.66 Å². The Morgan fingerprint density at radius 1 is 1.46 bits per heavy atom. The molecular formula is C15H21N5O3S. The van der Waals surface area contributed by atoms with Crippen LogP contribution in [-0.4, -0.2) is 60.0 Å². The lowest BCUT2D eigenvalue weighted by atomic mass is 10.1. The van der Waals surface area contributed by atoms with Gasteiger partial charge in [-0.1, -0.05) is 12.1 Å². The molecule has 1 saturated heterocycles. The van der Waals surface area contributed by atoms with Gasteiger partial charge >= 0.3 is 0 Å². The minimum Gasteiger partial charge on any atom is -0.379 e. The van der Waals surface area contributed by atoms with Crippen molar-refractivity contribution in [2.75, 3.05) is 39.4 Å². The number of hydrogen-bond acceptors (Lipinski definition) is 6. The van der Waals surface area contributed by atoms with E-state index >= 15 is 0 Å². The molecule has 2 N–H and O–H groups in total. The van der Waals surface area contributed by atoms with Gasteiger partial charge in [-0.15, -0.1) is 0 Å². The maximum Gasteiger partial charge on any atom is 0.270 e. The van der Waals surface area contributed by atoms with Crippen LogP contribution in [0, 0.1) is 10.1 Å². The van der Waals surface area contributed by atoms with Crippen molar-refractivity contribution in [3.8, 4) is 0 Å². The van der Waals surface area contributed by atoms with Gasteiger partial charge in [-0.25, -0.2) is 0 Å². The fourth-order valence-electron chi connectivity index (χ4n) is 2.24. The van der Waals surface area contributed by atoms with Crippen molar-refractivity contribution in [2.24, 2.45) is 5.10 Å². The fourth-order valence-corrected chi connectivity index (χ4v) is 2.38. The minimum atomic E-state index is -0.429. The predicted molar refractivity (Wildman–Crippen MR) is 96.3 cm³/mol. The van der Waals surface area contributed by atoms with Crippen molar-refractivity contribution in [1.82, 2.24) is 15.6 Å². The van der Waals surface area contributed by atoms with E-state index in [9.17, 15) is 10.1 Å². The number of nitro groups is 1. The Kier molecular flexibility index (Phi) is 7.04. The third kappa shape index (κ3) is 5.84. The molecule has 0 bridgehead atoms. The first-order valence-corrected chi connectivity index (χ1v) is 8.10. The Labute approximate surface area is 146 Å². The highest BCUT2D eigenvalue weighted by molar-refractivity contribution is 7.80. The summed E-state index contributed by atoms with van der Waals surface area (Å²) in [5.41, 5.74) is 4.09. The molecule has 1 aromatic carbocycles. The zero-order valence-electron chi connectivity index (χ0n) is 13.5. The van der Waals surface area contributed by atoms with Crippen molar-refractivity contribution in [1.29, 1.82) is 0 Å². The minimum absolute atomic E-state index is 0.0354. The second kappa shape index (κ2) is 9.26. The van der Waals surface area contributed by atoms with Gasteiger partial charge in [0.2, 0.25) is 0 Å². The van der Waals surface area contributed by atoms with Crippen LogP contribution in [0.4, 0.5) is 5.69 Å². The van der Waals surface area contributed by atoms with Gasteiger partial charge in [0.15, 0.2) is 5.11 Å². The lowest BCUT2D eigenvalue weighted by Crippen LogP contribution is -2.42. The molecule has 130 valence electrons. The Morgan fingerprint density at radius 3 is 2.92 bits per heavy atom. The van der Waals surface area contributed by atoms with Gasteiger partial charge in [-0.05, 0) is 19.1 Å². The molecule has 0 saturated carbocycles. The molecule has 0 atom stereocenters. The topological polar surface area (TPSA) is 92.0 Å². The van der Waals surface area contributed by atoms with Gasteiger partial charge in [-0.2, -0.15) is 5.10 Å². The van der Waals surface area contributed by atoms with Crippen LogP contribution < -0.4 is 10.7 Å². The summed E-state index contributed by atoms with van der Waals surface area (Å²) in [7, 11) is 0. The van der Waals surface area contributed by atoms with E-state index in [1.54, 1.807) is 19.1 Å². The second-order valence-corrected chi connectivity index (χ2v) is 5.73. The summed E-state index contributed by atoms with van der Waals surface area (Å²) in [6, 6.07) is 6.32. The summed E-state index contributed by atoms with van der Waals surface area (Å²) in [4.78, 5) is 12.7. The van der Waals surface area contributed by atoms with Gasteiger partial charge in [-0.3, -0.25) is 20.4 Å². The van der Waals surface area contributed by atoms with Crippen LogP contribution in [0.15, 0.2) is 29.4 Å². The predicted octanol–water partition coefficient (Wildman–Crippen LogP) is 1.12. The molecule has 0 aromatic heterocycles. The molecule has 2 rings (SSSR count). The molecule has 9 heteroatoms. The summed E-state index contributed by atoms with van der Waals surface area (Å²) < 4.78 is 5.30. The van der Waals surface area contributed by atoms with Gasteiger partial charge in [0.1, 0.15) is 0 Å². The van der Waals surface area contributed by atoms with E-state index in [0.717, 1.165) is 39.4 Å². The van der Waals surface area contributed by atoms with Gasteiger partial charge in [0.25, 0.3) is 5.69 Å². The number of ether oxygens (including phenoxy) is 1. The Hall–Kier alpha value is -2.10. The molecule has 0 radical (unpaired) electrons. The van der Waals surface area contributed by atoms with Crippen LogP contribution in [0.1, 0.15) is 12.5 Å². The fraction of sp³-hybridized carbons (Fsp3) is 0.467. The maximum atomic E-state index is 10.8. The largest absolute Gasteiger partial charge is 0.379 e. The zero-order chi connectivity index (χ0) is 17.4. The molecular weight excluding hydrogens is 330 g/mol. The van der Waals surface area contributed by atoms with E-state index in [0.29, 0.717) is 16.4 Å². The number of hydrogen-bond donors (Lipinski definition) is 2. The first kappa shape index (κ1) is 18.2. The van der Waals surface area contributed by atoms with Crippen LogP contribution in [0.25, 0.3) is 0 Å². The maximum absolute atomic E-state index is 10.8. The monoisotopic (exact) mass is 351 g/mol. The number of benzene rings is 1. The molecule has 1 aliphatic heterocycles. The molecule has 24 heavy (non-hydrogen) atoms. The van der Waals surface area contributed by atoms with Crippen LogP contribution in [-0.2, 0) is 4.74 Å². The van der Waals surface area contributed by atoms with Crippen molar-refractivity contribution in [3.05, 3.63) is 39.9 Å². The van der Waals surface area contributed by atoms with E-state index in [1.165, 1.54) is 12.1 Å². The number of rotatable bonds is 6. The normalized spacial score (nSPS) is 15.8. The van der Waals surface area contributed by atoms with E-state index in [4.69, 9.17) is 17.0 Å². The zero-order valence-corrected chi connectivity index (χ0v) is 14.3. The van der Waals surface area contributed by atoms with Gasteiger partial charge < -0.3 is 10.1 Å². The first-order valence-electron chi connectivity index (χ1n) is 7.69. The Bertz CT molecular complexity index is 617. The standard InChI is InChI=1S/C15H21N5O3S/c1-12(13-3-2-4-14(11-13)20(21)22)17-18-15(24)16-5-6-19-7-9-23-10-8-19/h2-4,11H,5-10H2,1H3,(H2,16,18,24)/b17-12-. The summed E-state index contributed by atoms with van der Waals surface area (Å²) in [5.74, 6) is 0. The number of nitrogens with one attached hydrogen (secondary N) is 2. The quantitative estimate of drug-likeness (QED) is 0.343. The molecule has 1 aromatic rings. The molecule has 8 nitrogen and oxygen atoms in total. The summed E-state index contributed by atoms with van der Waals surface area (Å²) >= 11 is 5.18. The van der Waals surface area contributed by atoms with Crippen molar-refractivity contribution in [2.45, 2.75) is 6.92 Å². The summed E-state index contributed by atoms with van der Waals surface area (Å²) in [5, 5.41) is 18.5. The van der Waals surface area contributed by atoms with Crippen LogP contribution in [0.2, 0.25) is 0 Å². The average molecular weight is 351 g/mol. The Morgan fingerprint density at radius 2 is 2.21 bits per heavy atom. The molecule has 1 aliphatic rings. The molecule has 1 heterocycles. The second-order valence-electron chi connectivity index (χ2n) is 5.33. The SMILES string of the molecule is C/C(=N/NC(=S)NCCN1CCOCC1)c1cccc([N+](=O)[O-])c1. The molecule has 0 spiro atoms. The Balaban J connectivity index is 1.77. The van der Waals surface area contributed by atoms with Gasteiger partial charge in [0.05, 0.1) is 23.8 Å². The highest BCUT2D eigenvalue weighted by Gasteiger charge is 2.10. The van der Waals surface area contributed by atoms with Gasteiger partial charge in [0, 0.05) is 43.9 Å². The lowest BCUT2D eigenvalue weighted by molar-refractivity contribution is -0.384. The third-order valence-corrected chi connectivity index (χ3v) is 3.85. The smallest absolute Gasteiger partial charge is 0.270 e.